The Morgan fingerprint density at radius 2 is 1.68 bits per heavy atom. The van der Waals surface area contributed by atoms with Gasteiger partial charge in [-0.25, -0.2) is 17.5 Å². The molecule has 0 saturated heterocycles. The van der Waals surface area contributed by atoms with E-state index in [0.29, 0.717) is 5.69 Å². The van der Waals surface area contributed by atoms with Crippen LogP contribution in [0.25, 0.3) is 0 Å². The monoisotopic (exact) mass is 407 g/mol. The lowest BCUT2D eigenvalue weighted by atomic mass is 10.1. The van der Waals surface area contributed by atoms with Crippen molar-refractivity contribution in [3.05, 3.63) is 59.4 Å². The lowest BCUT2D eigenvalue weighted by molar-refractivity contribution is -0.132. The summed E-state index contributed by atoms with van der Waals surface area (Å²) in [7, 11) is -2.46. The fourth-order valence-electron chi connectivity index (χ4n) is 2.29. The number of hydrogen-bond acceptors (Lipinski definition) is 4. The first-order valence-corrected chi connectivity index (χ1v) is 9.93. The number of benzene rings is 2. The smallest absolute Gasteiger partial charge is 0.243 e. The number of halogens is 1. The minimum absolute atomic E-state index is 0.0695. The third-order valence-corrected chi connectivity index (χ3v) is 5.54. The second-order valence-corrected chi connectivity index (χ2v) is 8.14. The van der Waals surface area contributed by atoms with E-state index in [-0.39, 0.29) is 11.4 Å². The van der Waals surface area contributed by atoms with Gasteiger partial charge in [0.2, 0.25) is 21.8 Å². The van der Waals surface area contributed by atoms with Crippen molar-refractivity contribution in [3.8, 4) is 0 Å². The van der Waals surface area contributed by atoms with Crippen LogP contribution in [0.4, 0.5) is 10.1 Å². The summed E-state index contributed by atoms with van der Waals surface area (Å²) < 4.78 is 39.7. The molecule has 28 heavy (non-hydrogen) atoms. The number of anilines is 1. The van der Waals surface area contributed by atoms with Gasteiger partial charge in [-0.1, -0.05) is 6.07 Å². The second kappa shape index (κ2) is 8.94. The highest BCUT2D eigenvalue weighted by atomic mass is 32.2. The Labute approximate surface area is 163 Å². The van der Waals surface area contributed by atoms with Crippen molar-refractivity contribution < 1.29 is 22.4 Å². The second-order valence-electron chi connectivity index (χ2n) is 6.38. The van der Waals surface area contributed by atoms with E-state index < -0.39 is 34.2 Å². The Kier molecular flexibility index (Phi) is 6.87. The molecule has 2 aromatic carbocycles. The molecule has 0 aliphatic rings. The van der Waals surface area contributed by atoms with Crippen molar-refractivity contribution in [2.24, 2.45) is 0 Å². The van der Waals surface area contributed by atoms with E-state index in [9.17, 15) is 22.4 Å². The SMILES string of the molecule is Cc1ccc(S(=O)(=O)NCC(=O)N(C)CC(=O)Nc2ccc(F)cc2)cc1C. The van der Waals surface area contributed by atoms with Crippen LogP contribution in [0, 0.1) is 19.7 Å². The summed E-state index contributed by atoms with van der Waals surface area (Å²) in [5.41, 5.74) is 2.17. The van der Waals surface area contributed by atoms with Crippen molar-refractivity contribution >= 4 is 27.5 Å². The average Bonchev–Trinajstić information content (AvgIpc) is 2.63. The van der Waals surface area contributed by atoms with Gasteiger partial charge >= 0.3 is 0 Å². The van der Waals surface area contributed by atoms with Gasteiger partial charge in [-0.15, -0.1) is 0 Å². The van der Waals surface area contributed by atoms with Crippen LogP contribution in [0.5, 0.6) is 0 Å². The highest BCUT2D eigenvalue weighted by Crippen LogP contribution is 2.14. The molecule has 0 radical (unpaired) electrons. The molecule has 2 N–H and O–H groups in total. The third-order valence-electron chi connectivity index (χ3n) is 4.14. The summed E-state index contributed by atoms with van der Waals surface area (Å²) in [4.78, 5) is 25.3. The largest absolute Gasteiger partial charge is 0.335 e. The molecule has 0 saturated carbocycles. The Morgan fingerprint density at radius 1 is 1.04 bits per heavy atom. The van der Waals surface area contributed by atoms with Crippen molar-refractivity contribution in [1.82, 2.24) is 9.62 Å². The zero-order valence-electron chi connectivity index (χ0n) is 15.8. The van der Waals surface area contributed by atoms with Crippen molar-refractivity contribution in [3.63, 3.8) is 0 Å². The van der Waals surface area contributed by atoms with Gasteiger partial charge in [0.15, 0.2) is 0 Å². The van der Waals surface area contributed by atoms with Crippen molar-refractivity contribution in [1.29, 1.82) is 0 Å². The van der Waals surface area contributed by atoms with Crippen LogP contribution in [0.2, 0.25) is 0 Å². The van der Waals surface area contributed by atoms with Gasteiger partial charge in [-0.2, -0.15) is 0 Å². The van der Waals surface area contributed by atoms with E-state index in [4.69, 9.17) is 0 Å². The van der Waals surface area contributed by atoms with Crippen LogP contribution in [0.3, 0.4) is 0 Å². The molecule has 150 valence electrons. The highest BCUT2D eigenvalue weighted by Gasteiger charge is 2.19. The predicted molar refractivity (Wildman–Crippen MR) is 104 cm³/mol. The first kappa shape index (κ1) is 21.5. The normalized spacial score (nSPS) is 11.1. The molecule has 2 aromatic rings. The van der Waals surface area contributed by atoms with E-state index in [2.05, 4.69) is 10.0 Å². The average molecular weight is 407 g/mol. The van der Waals surface area contributed by atoms with Gasteiger partial charge < -0.3 is 10.2 Å². The summed E-state index contributed by atoms with van der Waals surface area (Å²) >= 11 is 0. The van der Waals surface area contributed by atoms with Crippen LogP contribution < -0.4 is 10.0 Å². The fraction of sp³-hybridized carbons (Fsp3) is 0.263. The number of rotatable bonds is 7. The van der Waals surface area contributed by atoms with Gasteiger partial charge in [0.1, 0.15) is 5.82 Å². The first-order chi connectivity index (χ1) is 13.1. The maximum absolute atomic E-state index is 12.9. The number of amides is 2. The van der Waals surface area contributed by atoms with E-state index in [1.807, 2.05) is 6.92 Å². The molecule has 0 atom stereocenters. The number of nitrogens with one attached hydrogen (secondary N) is 2. The van der Waals surface area contributed by atoms with Gasteiger partial charge in [-0.05, 0) is 61.4 Å². The Bertz CT molecular complexity index is 975. The van der Waals surface area contributed by atoms with Gasteiger partial charge in [0, 0.05) is 12.7 Å². The molecular formula is C19H22FN3O4S. The van der Waals surface area contributed by atoms with Gasteiger partial charge in [0.05, 0.1) is 18.0 Å². The number of hydrogen-bond donors (Lipinski definition) is 2. The summed E-state index contributed by atoms with van der Waals surface area (Å²) in [5.74, 6) is -1.48. The highest BCUT2D eigenvalue weighted by molar-refractivity contribution is 7.89. The summed E-state index contributed by atoms with van der Waals surface area (Å²) in [6.45, 7) is 2.92. The van der Waals surface area contributed by atoms with Gasteiger partial charge in [-0.3, -0.25) is 9.59 Å². The van der Waals surface area contributed by atoms with Crippen LogP contribution in [-0.2, 0) is 19.6 Å². The third kappa shape index (κ3) is 5.86. The zero-order chi connectivity index (χ0) is 20.9. The van der Waals surface area contributed by atoms with Crippen molar-refractivity contribution in [2.45, 2.75) is 18.7 Å². The first-order valence-electron chi connectivity index (χ1n) is 8.45. The molecule has 0 spiro atoms. The minimum Gasteiger partial charge on any atom is -0.335 e. The Hall–Kier alpha value is -2.78. The number of sulfonamides is 1. The lowest BCUT2D eigenvalue weighted by Gasteiger charge is -2.17. The number of likely N-dealkylation sites (N-methyl/N-ethyl adjacent to an activating group) is 1. The molecule has 9 heteroatoms. The lowest BCUT2D eigenvalue weighted by Crippen LogP contribution is -2.41. The minimum atomic E-state index is -3.84. The van der Waals surface area contributed by atoms with Gasteiger partial charge in [0.25, 0.3) is 0 Å². The molecule has 0 bridgehead atoms. The number of carbonyl (C=O) groups excluding carboxylic acids is 2. The maximum atomic E-state index is 12.9. The molecule has 0 aliphatic heterocycles. The number of aryl methyl sites for hydroxylation is 2. The molecule has 0 aliphatic carbocycles. The van der Waals surface area contributed by atoms with E-state index in [1.54, 1.807) is 13.0 Å². The molecule has 7 nitrogen and oxygen atoms in total. The summed E-state index contributed by atoms with van der Waals surface area (Å²) in [6, 6.07) is 9.88. The van der Waals surface area contributed by atoms with Crippen LogP contribution >= 0.6 is 0 Å². The van der Waals surface area contributed by atoms with Crippen molar-refractivity contribution in [2.75, 3.05) is 25.5 Å². The molecule has 0 heterocycles. The molecule has 0 fully saturated rings. The quantitative estimate of drug-likeness (QED) is 0.732. The standard InChI is InChI=1S/C19H22FN3O4S/c1-13-4-9-17(10-14(13)2)28(26,27)21-11-19(25)23(3)12-18(24)22-16-7-5-15(20)6-8-16/h4-10,21H,11-12H2,1-3H3,(H,22,24). The number of nitrogens with zero attached hydrogens (tertiary/aromatic N) is 1. The van der Waals surface area contributed by atoms with E-state index >= 15 is 0 Å². The molecule has 2 amide bonds. The number of carbonyl (C=O) groups is 2. The summed E-state index contributed by atoms with van der Waals surface area (Å²) in [6.07, 6.45) is 0. The molecule has 2 rings (SSSR count). The van der Waals surface area contributed by atoms with E-state index in [0.717, 1.165) is 16.0 Å². The van der Waals surface area contributed by atoms with Crippen LogP contribution in [0.1, 0.15) is 11.1 Å². The maximum Gasteiger partial charge on any atom is 0.243 e. The molecular weight excluding hydrogens is 385 g/mol. The van der Waals surface area contributed by atoms with Crippen LogP contribution in [-0.4, -0.2) is 45.3 Å². The molecule has 0 unspecified atom stereocenters. The summed E-state index contributed by atoms with van der Waals surface area (Å²) in [5, 5.41) is 2.53. The fourth-order valence-corrected chi connectivity index (χ4v) is 3.35. The van der Waals surface area contributed by atoms with Crippen LogP contribution in [0.15, 0.2) is 47.4 Å². The Morgan fingerprint density at radius 3 is 2.29 bits per heavy atom. The molecule has 0 aromatic heterocycles. The topological polar surface area (TPSA) is 95.6 Å². The van der Waals surface area contributed by atoms with E-state index in [1.165, 1.54) is 43.4 Å². The predicted octanol–water partition coefficient (Wildman–Crippen LogP) is 1.82. The Balaban J connectivity index is 1.89. The zero-order valence-corrected chi connectivity index (χ0v) is 16.6.